The van der Waals surface area contributed by atoms with Gasteiger partial charge in [0.1, 0.15) is 19.5 Å². The Kier molecular flexibility index (Phi) is 3.06. The van der Waals surface area contributed by atoms with Gasteiger partial charge in [0.15, 0.2) is 5.82 Å². The monoisotopic (exact) mass is 264 g/mol. The van der Waals surface area contributed by atoms with Crippen molar-refractivity contribution < 1.29 is 4.39 Å². The summed E-state index contributed by atoms with van der Waals surface area (Å²) in [5.74, 6) is 0.593. The second-order valence-electron chi connectivity index (χ2n) is 4.28. The van der Waals surface area contributed by atoms with E-state index in [9.17, 15) is 4.39 Å². The summed E-state index contributed by atoms with van der Waals surface area (Å²) >= 11 is 0. The summed E-state index contributed by atoms with van der Waals surface area (Å²) < 4.78 is 13.6. The highest BCUT2D eigenvalue weighted by atomic mass is 19.1. The zero-order valence-corrected chi connectivity index (χ0v) is 10.8. The van der Waals surface area contributed by atoms with Crippen molar-refractivity contribution in [2.75, 3.05) is 12.4 Å². The normalized spacial score (nSPS) is 10.7. The molecule has 1 N–H and O–H groups in total. The lowest BCUT2D eigenvalue weighted by atomic mass is 9.94. The molecule has 3 rings (SSSR count). The van der Waals surface area contributed by atoms with Crippen LogP contribution < -0.4 is 10.8 Å². The third-order valence-corrected chi connectivity index (χ3v) is 2.97. The van der Waals surface area contributed by atoms with Crippen LogP contribution in [0.3, 0.4) is 0 Å². The van der Waals surface area contributed by atoms with E-state index in [0.29, 0.717) is 22.5 Å². The Morgan fingerprint density at radius 3 is 2.80 bits per heavy atom. The molecule has 0 unspecified atom stereocenters. The lowest BCUT2D eigenvalue weighted by molar-refractivity contribution is 0.637. The predicted octanol–water partition coefficient (Wildman–Crippen LogP) is 1.67. The Morgan fingerprint density at radius 1 is 1.25 bits per heavy atom. The maximum Gasteiger partial charge on any atom is 0.163 e. The summed E-state index contributed by atoms with van der Waals surface area (Å²) in [6.45, 7) is 0. The van der Waals surface area contributed by atoms with E-state index >= 15 is 0 Å². The number of halogens is 1. The van der Waals surface area contributed by atoms with Gasteiger partial charge in [-0.25, -0.2) is 14.4 Å². The number of hydrogen-bond acceptors (Lipinski definition) is 4. The molecule has 0 atom stereocenters. The first-order chi connectivity index (χ1) is 9.69. The van der Waals surface area contributed by atoms with Crippen molar-refractivity contribution in [3.8, 4) is 11.4 Å². The van der Waals surface area contributed by atoms with Crippen molar-refractivity contribution >= 4 is 30.0 Å². The molecule has 2 heterocycles. The molecule has 1 aromatic carbocycles. The van der Waals surface area contributed by atoms with E-state index in [1.54, 1.807) is 25.5 Å². The molecule has 0 saturated carbocycles. The summed E-state index contributed by atoms with van der Waals surface area (Å²) in [7, 11) is 7.33. The lowest BCUT2D eigenvalue weighted by Gasteiger charge is -2.09. The quantitative estimate of drug-likeness (QED) is 0.715. The molecular weight excluding hydrogens is 254 g/mol. The highest BCUT2D eigenvalue weighted by Gasteiger charge is 2.10. The molecule has 0 saturated heterocycles. The van der Waals surface area contributed by atoms with Gasteiger partial charge < -0.3 is 5.32 Å². The number of fused-ring (bicyclic) bond motifs is 1. The van der Waals surface area contributed by atoms with E-state index in [1.807, 2.05) is 6.07 Å². The summed E-state index contributed by atoms with van der Waals surface area (Å²) in [5.41, 5.74) is 1.34. The summed E-state index contributed by atoms with van der Waals surface area (Å²) in [5, 5.41) is 3.66. The SMILES string of the molecule is [B]c1cc2c(NC)nc(-c3cccnc3)nc2cc1F. The van der Waals surface area contributed by atoms with Crippen molar-refractivity contribution in [3.63, 3.8) is 0 Å². The van der Waals surface area contributed by atoms with Gasteiger partial charge in [-0.1, -0.05) is 11.5 Å². The molecule has 0 spiro atoms. The maximum atomic E-state index is 13.6. The third kappa shape index (κ3) is 2.09. The summed E-state index contributed by atoms with van der Waals surface area (Å²) in [6.07, 6.45) is 3.33. The van der Waals surface area contributed by atoms with Crippen LogP contribution in [0, 0.1) is 5.82 Å². The molecule has 2 aromatic heterocycles. The van der Waals surface area contributed by atoms with Crippen LogP contribution in [-0.2, 0) is 0 Å². The number of anilines is 1. The van der Waals surface area contributed by atoms with Gasteiger partial charge in [0, 0.05) is 30.4 Å². The topological polar surface area (TPSA) is 50.7 Å². The number of rotatable bonds is 2. The highest BCUT2D eigenvalue weighted by molar-refractivity contribution is 6.33. The molecule has 0 aliphatic heterocycles. The van der Waals surface area contributed by atoms with Crippen LogP contribution in [0.4, 0.5) is 10.2 Å². The fourth-order valence-corrected chi connectivity index (χ4v) is 1.98. The first-order valence-electron chi connectivity index (χ1n) is 6.04. The highest BCUT2D eigenvalue weighted by Crippen LogP contribution is 2.24. The molecule has 96 valence electrons. The Labute approximate surface area is 116 Å². The van der Waals surface area contributed by atoms with E-state index in [0.717, 1.165) is 5.56 Å². The number of aromatic nitrogens is 3. The molecule has 6 heteroatoms. The standard InChI is InChI=1S/C14H10BFN4/c1-17-14-9-5-10(15)11(16)6-12(9)19-13(20-14)8-3-2-4-18-7-8/h2-7H,1H3,(H,17,19,20). The van der Waals surface area contributed by atoms with Crippen molar-refractivity contribution in [3.05, 3.63) is 42.5 Å². The van der Waals surface area contributed by atoms with Crippen molar-refractivity contribution in [1.82, 2.24) is 15.0 Å². The molecule has 4 nitrogen and oxygen atoms in total. The number of nitrogens with zero attached hydrogens (tertiary/aromatic N) is 3. The van der Waals surface area contributed by atoms with Crippen LogP contribution >= 0.6 is 0 Å². The van der Waals surface area contributed by atoms with Crippen LogP contribution in [0.15, 0.2) is 36.7 Å². The minimum absolute atomic E-state index is 0.0757. The molecular formula is C14H10BFN4. The van der Waals surface area contributed by atoms with Crippen LogP contribution in [0.5, 0.6) is 0 Å². The Morgan fingerprint density at radius 2 is 2.10 bits per heavy atom. The summed E-state index contributed by atoms with van der Waals surface area (Å²) in [6, 6.07) is 6.49. The Balaban J connectivity index is 2.29. The second kappa shape index (κ2) is 4.88. The molecule has 0 fully saturated rings. The molecule has 0 bridgehead atoms. The van der Waals surface area contributed by atoms with Gasteiger partial charge in [0.05, 0.1) is 5.52 Å². The molecule has 20 heavy (non-hydrogen) atoms. The number of pyridine rings is 1. The predicted molar refractivity (Wildman–Crippen MR) is 77.7 cm³/mol. The third-order valence-electron chi connectivity index (χ3n) is 2.97. The zero-order chi connectivity index (χ0) is 14.1. The van der Waals surface area contributed by atoms with Gasteiger partial charge in [-0.15, -0.1) is 0 Å². The van der Waals surface area contributed by atoms with E-state index in [-0.39, 0.29) is 5.46 Å². The average Bonchev–Trinajstić information content (AvgIpc) is 2.48. The Bertz CT molecular complexity index is 777. The van der Waals surface area contributed by atoms with E-state index in [4.69, 9.17) is 7.85 Å². The van der Waals surface area contributed by atoms with Gasteiger partial charge >= 0.3 is 0 Å². The van der Waals surface area contributed by atoms with E-state index in [2.05, 4.69) is 20.3 Å². The second-order valence-corrected chi connectivity index (χ2v) is 4.28. The van der Waals surface area contributed by atoms with Gasteiger partial charge in [-0.2, -0.15) is 0 Å². The van der Waals surface area contributed by atoms with Gasteiger partial charge in [-0.05, 0) is 18.2 Å². The molecule has 2 radical (unpaired) electrons. The smallest absolute Gasteiger partial charge is 0.163 e. The van der Waals surface area contributed by atoms with Crippen LogP contribution in [0.25, 0.3) is 22.3 Å². The average molecular weight is 264 g/mol. The zero-order valence-electron chi connectivity index (χ0n) is 10.8. The minimum atomic E-state index is -0.490. The Hall–Kier alpha value is -2.50. The maximum absolute atomic E-state index is 13.6. The number of benzene rings is 1. The number of nitrogens with one attached hydrogen (secondary N) is 1. The first kappa shape index (κ1) is 12.5. The fraction of sp³-hybridized carbons (Fsp3) is 0.0714. The molecule has 0 aliphatic rings. The van der Waals surface area contributed by atoms with Crippen molar-refractivity contribution in [1.29, 1.82) is 0 Å². The van der Waals surface area contributed by atoms with Gasteiger partial charge in [0.25, 0.3) is 0 Å². The molecule has 0 aliphatic carbocycles. The van der Waals surface area contributed by atoms with E-state index in [1.165, 1.54) is 12.1 Å². The van der Waals surface area contributed by atoms with E-state index < -0.39 is 5.82 Å². The minimum Gasteiger partial charge on any atom is -0.373 e. The fourth-order valence-electron chi connectivity index (χ4n) is 1.98. The van der Waals surface area contributed by atoms with Crippen molar-refractivity contribution in [2.45, 2.75) is 0 Å². The lowest BCUT2D eigenvalue weighted by Crippen LogP contribution is -2.09. The van der Waals surface area contributed by atoms with Crippen LogP contribution in [-0.4, -0.2) is 29.8 Å². The van der Waals surface area contributed by atoms with Crippen LogP contribution in [0.1, 0.15) is 0 Å². The molecule has 0 amide bonds. The van der Waals surface area contributed by atoms with Crippen molar-refractivity contribution in [2.24, 2.45) is 0 Å². The number of hydrogen-bond donors (Lipinski definition) is 1. The largest absolute Gasteiger partial charge is 0.373 e. The van der Waals surface area contributed by atoms with Crippen LogP contribution in [0.2, 0.25) is 0 Å². The molecule has 3 aromatic rings. The first-order valence-corrected chi connectivity index (χ1v) is 6.04. The summed E-state index contributed by atoms with van der Waals surface area (Å²) in [4.78, 5) is 12.8. The van der Waals surface area contributed by atoms with Gasteiger partial charge in [0.2, 0.25) is 0 Å². The van der Waals surface area contributed by atoms with Gasteiger partial charge in [-0.3, -0.25) is 4.98 Å².